The second kappa shape index (κ2) is 10.8. The molecule has 0 aliphatic heterocycles. The maximum atomic E-state index is 13.5. The van der Waals surface area contributed by atoms with Crippen LogP contribution in [0, 0.1) is 6.92 Å². The number of para-hydroxylation sites is 1. The van der Waals surface area contributed by atoms with Crippen molar-refractivity contribution in [1.82, 2.24) is 5.32 Å². The molecule has 0 saturated carbocycles. The van der Waals surface area contributed by atoms with E-state index in [0.29, 0.717) is 12.0 Å². The average molecular weight is 535 g/mol. The summed E-state index contributed by atoms with van der Waals surface area (Å²) in [5.41, 5.74) is 1.80. The van der Waals surface area contributed by atoms with Gasteiger partial charge in [0.05, 0.1) is 26.5 Å². The number of sulfone groups is 1. The minimum Gasteiger partial charge on any atom is -0.348 e. The fraction of sp³-hybridized carbons (Fsp3) is 0.240. The van der Waals surface area contributed by atoms with Gasteiger partial charge in [0.25, 0.3) is 10.0 Å². The van der Waals surface area contributed by atoms with E-state index in [1.807, 2.05) is 13.8 Å². The van der Waals surface area contributed by atoms with Crippen molar-refractivity contribution < 1.29 is 21.6 Å². The molecule has 0 radical (unpaired) electrons. The Bertz CT molecular complexity index is 1400. The summed E-state index contributed by atoms with van der Waals surface area (Å²) in [7, 11) is -7.44. The highest BCUT2D eigenvalue weighted by Crippen LogP contribution is 2.30. The predicted octanol–water partition coefficient (Wildman–Crippen LogP) is 4.51. The summed E-state index contributed by atoms with van der Waals surface area (Å²) in [6.07, 6.45) is 1.64. The Morgan fingerprint density at radius 1 is 0.914 bits per heavy atom. The van der Waals surface area contributed by atoms with Gasteiger partial charge in [-0.05, 0) is 55.3 Å². The Hall–Kier alpha value is -2.88. The van der Waals surface area contributed by atoms with Crippen molar-refractivity contribution in [3.8, 4) is 0 Å². The number of rotatable bonds is 9. The van der Waals surface area contributed by atoms with Crippen molar-refractivity contribution >= 4 is 43.1 Å². The first-order valence-electron chi connectivity index (χ1n) is 10.9. The normalized spacial score (nSPS) is 12.7. The smallest absolute Gasteiger partial charge is 0.264 e. The van der Waals surface area contributed by atoms with Gasteiger partial charge in [0, 0.05) is 6.26 Å². The molecule has 35 heavy (non-hydrogen) atoms. The number of anilines is 1. The number of nitrogens with one attached hydrogen (secondary N) is 1. The summed E-state index contributed by atoms with van der Waals surface area (Å²) >= 11 is 6.31. The topological polar surface area (TPSA) is 101 Å². The number of hydrogen-bond donors (Lipinski definition) is 1. The van der Waals surface area contributed by atoms with E-state index in [4.69, 9.17) is 11.6 Å². The highest BCUT2D eigenvalue weighted by atomic mass is 35.5. The first-order chi connectivity index (χ1) is 16.4. The largest absolute Gasteiger partial charge is 0.348 e. The standard InChI is InChI=1S/C25H27ClN2O5S2/c1-4-23(19-11-15-20(16-12-19)34(3,30)31)27-25(29)17-28(24-8-6-5-7-22(24)26)35(32,33)21-13-9-18(2)10-14-21/h5-16,23H,4,17H2,1-3H3,(H,27,29). The van der Waals surface area contributed by atoms with Gasteiger partial charge < -0.3 is 5.32 Å². The van der Waals surface area contributed by atoms with Crippen LogP contribution in [0.2, 0.25) is 5.02 Å². The number of carbonyl (C=O) groups is 1. The van der Waals surface area contributed by atoms with Crippen molar-refractivity contribution in [3.05, 3.63) is 88.9 Å². The zero-order valence-corrected chi connectivity index (χ0v) is 22.0. The molecule has 3 rings (SSSR count). The quantitative estimate of drug-likeness (QED) is 0.435. The Labute approximate surface area is 211 Å². The molecule has 186 valence electrons. The summed E-state index contributed by atoms with van der Waals surface area (Å²) in [6.45, 7) is 3.23. The molecule has 3 aromatic rings. The van der Waals surface area contributed by atoms with Crippen LogP contribution in [0.3, 0.4) is 0 Å². The van der Waals surface area contributed by atoms with Crippen LogP contribution in [0.4, 0.5) is 5.69 Å². The summed E-state index contributed by atoms with van der Waals surface area (Å²) in [4.78, 5) is 13.3. The van der Waals surface area contributed by atoms with Gasteiger partial charge in [-0.15, -0.1) is 0 Å². The lowest BCUT2D eigenvalue weighted by atomic mass is 10.0. The molecule has 1 amide bonds. The number of aryl methyl sites for hydroxylation is 1. The minimum absolute atomic E-state index is 0.0409. The monoisotopic (exact) mass is 534 g/mol. The Balaban J connectivity index is 1.90. The summed E-state index contributed by atoms with van der Waals surface area (Å²) < 4.78 is 51.5. The van der Waals surface area contributed by atoms with Gasteiger partial charge in [-0.25, -0.2) is 16.8 Å². The lowest BCUT2D eigenvalue weighted by Crippen LogP contribution is -2.42. The van der Waals surface area contributed by atoms with Crippen molar-refractivity contribution in [3.63, 3.8) is 0 Å². The molecule has 0 aliphatic carbocycles. The van der Waals surface area contributed by atoms with Crippen molar-refractivity contribution in [2.24, 2.45) is 0 Å². The maximum Gasteiger partial charge on any atom is 0.264 e. The van der Waals surface area contributed by atoms with E-state index in [1.54, 1.807) is 48.5 Å². The van der Waals surface area contributed by atoms with Crippen LogP contribution in [0.15, 0.2) is 82.6 Å². The highest BCUT2D eigenvalue weighted by Gasteiger charge is 2.29. The lowest BCUT2D eigenvalue weighted by Gasteiger charge is -2.26. The van der Waals surface area contributed by atoms with Crippen LogP contribution in [0.1, 0.15) is 30.5 Å². The van der Waals surface area contributed by atoms with Gasteiger partial charge >= 0.3 is 0 Å². The van der Waals surface area contributed by atoms with Crippen LogP contribution in [0.25, 0.3) is 0 Å². The van der Waals surface area contributed by atoms with Crippen LogP contribution >= 0.6 is 11.6 Å². The van der Waals surface area contributed by atoms with Gasteiger partial charge in [0.1, 0.15) is 6.54 Å². The van der Waals surface area contributed by atoms with Gasteiger partial charge in [0.2, 0.25) is 5.91 Å². The zero-order valence-electron chi connectivity index (χ0n) is 19.6. The second-order valence-corrected chi connectivity index (χ2v) is 12.4. The molecular formula is C25H27ClN2O5S2. The predicted molar refractivity (Wildman–Crippen MR) is 138 cm³/mol. The third-order valence-corrected chi connectivity index (χ3v) is 8.69. The maximum absolute atomic E-state index is 13.5. The summed E-state index contributed by atoms with van der Waals surface area (Å²) in [5, 5.41) is 3.05. The molecule has 0 saturated heterocycles. The molecule has 1 atom stereocenters. The van der Waals surface area contributed by atoms with E-state index in [9.17, 15) is 21.6 Å². The van der Waals surface area contributed by atoms with Crippen LogP contribution in [0.5, 0.6) is 0 Å². The number of hydrogen-bond acceptors (Lipinski definition) is 5. The van der Waals surface area contributed by atoms with Gasteiger partial charge in [0.15, 0.2) is 9.84 Å². The number of carbonyl (C=O) groups excluding carboxylic acids is 1. The molecule has 3 aromatic carbocycles. The number of nitrogens with zero attached hydrogens (tertiary/aromatic N) is 1. The number of benzene rings is 3. The average Bonchev–Trinajstić information content (AvgIpc) is 2.81. The fourth-order valence-electron chi connectivity index (χ4n) is 3.53. The van der Waals surface area contributed by atoms with Crippen LogP contribution in [-0.2, 0) is 24.7 Å². The molecule has 0 aliphatic rings. The molecule has 0 fully saturated rings. The van der Waals surface area contributed by atoms with Gasteiger partial charge in [-0.3, -0.25) is 9.10 Å². The van der Waals surface area contributed by atoms with Gasteiger partial charge in [-0.1, -0.05) is 60.5 Å². The third kappa shape index (κ3) is 6.42. The van der Waals surface area contributed by atoms with E-state index >= 15 is 0 Å². The Morgan fingerprint density at radius 2 is 1.49 bits per heavy atom. The van der Waals surface area contributed by atoms with Crippen molar-refractivity contribution in [2.75, 3.05) is 17.1 Å². The third-order valence-electron chi connectivity index (χ3n) is 5.47. The molecule has 0 aromatic heterocycles. The molecule has 7 nitrogen and oxygen atoms in total. The molecule has 10 heteroatoms. The van der Waals surface area contributed by atoms with E-state index < -0.39 is 38.4 Å². The van der Waals surface area contributed by atoms with Crippen LogP contribution < -0.4 is 9.62 Å². The van der Waals surface area contributed by atoms with Crippen LogP contribution in [-0.4, -0.2) is 35.5 Å². The second-order valence-electron chi connectivity index (χ2n) is 8.15. The Morgan fingerprint density at radius 3 is 2.03 bits per heavy atom. The lowest BCUT2D eigenvalue weighted by molar-refractivity contribution is -0.120. The minimum atomic E-state index is -4.10. The first kappa shape index (κ1) is 26.7. The van der Waals surface area contributed by atoms with E-state index in [2.05, 4.69) is 5.32 Å². The number of amides is 1. The van der Waals surface area contributed by atoms with Gasteiger partial charge in [-0.2, -0.15) is 0 Å². The summed E-state index contributed by atoms with van der Waals surface area (Å²) in [5.74, 6) is -0.528. The van der Waals surface area contributed by atoms with Crippen molar-refractivity contribution in [1.29, 1.82) is 0 Å². The highest BCUT2D eigenvalue weighted by molar-refractivity contribution is 7.93. The van der Waals surface area contributed by atoms with E-state index in [-0.39, 0.29) is 20.5 Å². The first-order valence-corrected chi connectivity index (χ1v) is 14.6. The fourth-order valence-corrected chi connectivity index (χ4v) is 5.89. The molecule has 1 unspecified atom stereocenters. The zero-order chi connectivity index (χ0) is 25.8. The van der Waals surface area contributed by atoms with E-state index in [1.165, 1.54) is 24.3 Å². The molecular weight excluding hydrogens is 508 g/mol. The number of halogens is 1. The molecule has 0 spiro atoms. The molecule has 0 bridgehead atoms. The van der Waals surface area contributed by atoms with E-state index in [0.717, 1.165) is 16.1 Å². The SMILES string of the molecule is CCC(NC(=O)CN(c1ccccc1Cl)S(=O)(=O)c1ccc(C)cc1)c1ccc(S(C)(=O)=O)cc1. The summed E-state index contributed by atoms with van der Waals surface area (Å²) in [6, 6.07) is 18.6. The Kier molecular flexibility index (Phi) is 8.25. The molecule has 1 N–H and O–H groups in total. The number of sulfonamides is 1. The molecule has 0 heterocycles. The van der Waals surface area contributed by atoms with Crippen molar-refractivity contribution in [2.45, 2.75) is 36.1 Å².